The van der Waals surface area contributed by atoms with Gasteiger partial charge < -0.3 is 9.64 Å². The predicted octanol–water partition coefficient (Wildman–Crippen LogP) is 5.66. The van der Waals surface area contributed by atoms with E-state index in [2.05, 4.69) is 64.6 Å². The molecule has 1 aliphatic rings. The van der Waals surface area contributed by atoms with E-state index in [0.717, 1.165) is 43.1 Å². The lowest BCUT2D eigenvalue weighted by molar-refractivity contribution is 0.443. The molecule has 1 aromatic carbocycles. The first-order chi connectivity index (χ1) is 11.9. The highest BCUT2D eigenvalue weighted by molar-refractivity contribution is 5.61. The molecule has 134 valence electrons. The Morgan fingerprint density at radius 1 is 1.12 bits per heavy atom. The van der Waals surface area contributed by atoms with Crippen molar-refractivity contribution in [1.29, 1.82) is 0 Å². The number of benzene rings is 1. The molecule has 0 spiro atoms. The number of aromatic nitrogens is 1. The molecule has 0 N–H and O–H groups in total. The van der Waals surface area contributed by atoms with Crippen LogP contribution < -0.4 is 9.64 Å². The summed E-state index contributed by atoms with van der Waals surface area (Å²) in [6.45, 7) is 14.1. The third kappa shape index (κ3) is 3.51. The van der Waals surface area contributed by atoms with Gasteiger partial charge in [-0.3, -0.25) is 0 Å². The Hall–Kier alpha value is -2.03. The molecule has 0 radical (unpaired) electrons. The molecule has 3 nitrogen and oxygen atoms in total. The smallest absolute Gasteiger partial charge is 0.224 e. The van der Waals surface area contributed by atoms with Crippen LogP contribution in [0.1, 0.15) is 54.6 Å². The molecular weight excluding hydrogens is 308 g/mol. The average molecular weight is 338 g/mol. The second-order valence-electron chi connectivity index (χ2n) is 7.45. The third-order valence-electron chi connectivity index (χ3n) is 5.25. The van der Waals surface area contributed by atoms with E-state index in [9.17, 15) is 0 Å². The van der Waals surface area contributed by atoms with Gasteiger partial charge in [-0.15, -0.1) is 0 Å². The average Bonchev–Trinajstić information content (AvgIpc) is 2.56. The Morgan fingerprint density at radius 2 is 1.80 bits per heavy atom. The van der Waals surface area contributed by atoms with Crippen molar-refractivity contribution >= 4 is 5.69 Å². The van der Waals surface area contributed by atoms with Gasteiger partial charge >= 0.3 is 0 Å². The van der Waals surface area contributed by atoms with Gasteiger partial charge in [-0.05, 0) is 71.1 Å². The van der Waals surface area contributed by atoms with Gasteiger partial charge in [0.05, 0.1) is 0 Å². The maximum Gasteiger partial charge on any atom is 0.224 e. The summed E-state index contributed by atoms with van der Waals surface area (Å²) in [5.41, 5.74) is 7.20. The molecule has 3 rings (SSSR count). The van der Waals surface area contributed by atoms with Crippen LogP contribution in [-0.2, 0) is 6.42 Å². The number of anilines is 1. The quantitative estimate of drug-likeness (QED) is 0.719. The zero-order valence-corrected chi connectivity index (χ0v) is 16.4. The fraction of sp³-hybridized carbons (Fsp3) is 0.500. The first-order valence-corrected chi connectivity index (χ1v) is 9.43. The Balaban J connectivity index is 2.05. The Morgan fingerprint density at radius 3 is 2.44 bits per heavy atom. The van der Waals surface area contributed by atoms with E-state index >= 15 is 0 Å². The zero-order valence-electron chi connectivity index (χ0n) is 16.4. The molecule has 1 atom stereocenters. The number of rotatable bonds is 4. The topological polar surface area (TPSA) is 25.4 Å². The molecule has 0 fully saturated rings. The number of hydrogen-bond donors (Lipinski definition) is 0. The van der Waals surface area contributed by atoms with Crippen molar-refractivity contribution in [3.63, 3.8) is 0 Å². The molecule has 0 amide bonds. The summed E-state index contributed by atoms with van der Waals surface area (Å²) in [6, 6.07) is 7.12. The van der Waals surface area contributed by atoms with Gasteiger partial charge in [0.15, 0.2) is 0 Å². The van der Waals surface area contributed by atoms with Crippen LogP contribution >= 0.6 is 0 Å². The lowest BCUT2D eigenvalue weighted by Gasteiger charge is -2.36. The number of pyridine rings is 1. The molecule has 0 saturated carbocycles. The number of fused-ring (bicyclic) bond motifs is 1. The van der Waals surface area contributed by atoms with E-state index in [0.29, 0.717) is 6.04 Å². The van der Waals surface area contributed by atoms with Gasteiger partial charge in [-0.2, -0.15) is 0 Å². The molecule has 2 aromatic rings. The van der Waals surface area contributed by atoms with Crippen LogP contribution in [0.5, 0.6) is 11.6 Å². The van der Waals surface area contributed by atoms with Gasteiger partial charge in [0.2, 0.25) is 5.88 Å². The largest absolute Gasteiger partial charge is 0.438 e. The predicted molar refractivity (Wildman–Crippen MR) is 105 cm³/mol. The molecule has 25 heavy (non-hydrogen) atoms. The molecule has 1 aromatic heterocycles. The van der Waals surface area contributed by atoms with Gasteiger partial charge in [-0.25, -0.2) is 4.98 Å². The van der Waals surface area contributed by atoms with E-state index in [4.69, 9.17) is 9.72 Å². The number of aryl methyl sites for hydroxylation is 4. The third-order valence-corrected chi connectivity index (χ3v) is 5.25. The number of hydrogen-bond acceptors (Lipinski definition) is 3. The van der Waals surface area contributed by atoms with E-state index < -0.39 is 0 Å². The molecule has 3 heteroatoms. The van der Waals surface area contributed by atoms with E-state index in [-0.39, 0.29) is 0 Å². The fourth-order valence-electron chi connectivity index (χ4n) is 3.88. The SMILES string of the molecule is CCC(C)N1CCCc2c1cc(C)nc2Oc1c(C)cc(C)cc1C. The standard InChI is InChI=1S/C22H30N2O/c1-7-18(6)24-10-8-9-19-20(24)13-17(5)23-22(19)25-21-15(3)11-14(2)12-16(21)4/h11-13,18H,7-10H2,1-6H3. The summed E-state index contributed by atoms with van der Waals surface area (Å²) in [6.07, 6.45) is 3.34. The van der Waals surface area contributed by atoms with Crippen molar-refractivity contribution in [2.75, 3.05) is 11.4 Å². The first kappa shape index (κ1) is 17.8. The summed E-state index contributed by atoms with van der Waals surface area (Å²) >= 11 is 0. The minimum absolute atomic E-state index is 0.538. The minimum Gasteiger partial charge on any atom is -0.438 e. The second kappa shape index (κ2) is 7.07. The van der Waals surface area contributed by atoms with Crippen LogP contribution in [0.2, 0.25) is 0 Å². The lowest BCUT2D eigenvalue weighted by atomic mass is 10.00. The second-order valence-corrected chi connectivity index (χ2v) is 7.45. The normalized spacial score (nSPS) is 15.0. The van der Waals surface area contributed by atoms with Crippen molar-refractivity contribution in [3.8, 4) is 11.6 Å². The summed E-state index contributed by atoms with van der Waals surface area (Å²) in [5, 5.41) is 0. The lowest BCUT2D eigenvalue weighted by Crippen LogP contribution is -2.37. The maximum atomic E-state index is 6.40. The van der Waals surface area contributed by atoms with Crippen molar-refractivity contribution in [1.82, 2.24) is 4.98 Å². The van der Waals surface area contributed by atoms with Gasteiger partial charge in [0.1, 0.15) is 5.75 Å². The van der Waals surface area contributed by atoms with Crippen LogP contribution in [0, 0.1) is 27.7 Å². The highest BCUT2D eigenvalue weighted by Crippen LogP contribution is 2.38. The van der Waals surface area contributed by atoms with E-state index in [1.165, 1.54) is 27.9 Å². The maximum absolute atomic E-state index is 6.40. The molecule has 1 aliphatic heterocycles. The molecule has 1 unspecified atom stereocenters. The van der Waals surface area contributed by atoms with Crippen LogP contribution in [0.25, 0.3) is 0 Å². The zero-order chi connectivity index (χ0) is 18.1. The van der Waals surface area contributed by atoms with Crippen molar-refractivity contribution < 1.29 is 4.74 Å². The highest BCUT2D eigenvalue weighted by atomic mass is 16.5. The molecule has 2 heterocycles. The van der Waals surface area contributed by atoms with Crippen LogP contribution in [0.3, 0.4) is 0 Å². The summed E-state index contributed by atoms with van der Waals surface area (Å²) in [7, 11) is 0. The highest BCUT2D eigenvalue weighted by Gasteiger charge is 2.25. The van der Waals surface area contributed by atoms with Crippen LogP contribution in [0.15, 0.2) is 18.2 Å². The molecule has 0 saturated heterocycles. The number of ether oxygens (including phenoxy) is 1. The van der Waals surface area contributed by atoms with E-state index in [1.54, 1.807) is 0 Å². The van der Waals surface area contributed by atoms with E-state index in [1.807, 2.05) is 0 Å². The van der Waals surface area contributed by atoms with Crippen molar-refractivity contribution in [2.24, 2.45) is 0 Å². The Labute approximate surface area is 152 Å². The molecule has 0 bridgehead atoms. The monoisotopic (exact) mass is 338 g/mol. The summed E-state index contributed by atoms with van der Waals surface area (Å²) < 4.78 is 6.40. The molecular formula is C22H30N2O. The van der Waals surface area contributed by atoms with Crippen LogP contribution in [-0.4, -0.2) is 17.6 Å². The number of nitrogens with zero attached hydrogens (tertiary/aromatic N) is 2. The van der Waals surface area contributed by atoms with Gasteiger partial charge in [0.25, 0.3) is 0 Å². The Kier molecular flexibility index (Phi) is 5.03. The molecule has 0 aliphatic carbocycles. The van der Waals surface area contributed by atoms with Crippen molar-refractivity contribution in [2.45, 2.75) is 66.8 Å². The minimum atomic E-state index is 0.538. The van der Waals surface area contributed by atoms with Gasteiger partial charge in [0, 0.05) is 29.5 Å². The fourth-order valence-corrected chi connectivity index (χ4v) is 3.88. The summed E-state index contributed by atoms with van der Waals surface area (Å²) in [4.78, 5) is 7.28. The van der Waals surface area contributed by atoms with Gasteiger partial charge in [-0.1, -0.05) is 24.6 Å². The van der Waals surface area contributed by atoms with Crippen LogP contribution in [0.4, 0.5) is 5.69 Å². The van der Waals surface area contributed by atoms with Crippen molar-refractivity contribution in [3.05, 3.63) is 46.1 Å². The Bertz CT molecular complexity index is 759. The summed E-state index contributed by atoms with van der Waals surface area (Å²) in [5.74, 6) is 1.74. The first-order valence-electron chi connectivity index (χ1n) is 9.43.